The minimum absolute atomic E-state index is 0.0630. The van der Waals surface area contributed by atoms with Crippen LogP contribution in [0.3, 0.4) is 0 Å². The van der Waals surface area contributed by atoms with E-state index < -0.39 is 15.4 Å². The highest BCUT2D eigenvalue weighted by Gasteiger charge is 2.42. The Morgan fingerprint density at radius 1 is 1.32 bits per heavy atom. The number of sulfonamides is 1. The number of nitrogens with zero attached hydrogens (tertiary/aromatic N) is 2. The molecule has 0 saturated heterocycles. The highest BCUT2D eigenvalue weighted by molar-refractivity contribution is 7.89. The molecule has 0 spiro atoms. The van der Waals surface area contributed by atoms with Crippen molar-refractivity contribution in [2.24, 2.45) is 5.41 Å². The maximum atomic E-state index is 12.3. The zero-order valence-electron chi connectivity index (χ0n) is 12.9. The highest BCUT2D eigenvalue weighted by atomic mass is 32.2. The fourth-order valence-electron chi connectivity index (χ4n) is 2.48. The van der Waals surface area contributed by atoms with E-state index in [0.29, 0.717) is 32.4 Å². The quantitative estimate of drug-likeness (QED) is 0.689. The average molecular weight is 322 g/mol. The first-order valence-electron chi connectivity index (χ1n) is 7.51. The van der Waals surface area contributed by atoms with Gasteiger partial charge in [-0.15, -0.1) is 0 Å². The van der Waals surface area contributed by atoms with Gasteiger partial charge in [0.1, 0.15) is 5.75 Å². The van der Waals surface area contributed by atoms with Crippen molar-refractivity contribution in [1.82, 2.24) is 4.31 Å². The van der Waals surface area contributed by atoms with Crippen LogP contribution in [0.25, 0.3) is 0 Å². The molecule has 0 unspecified atom stereocenters. The fourth-order valence-corrected chi connectivity index (χ4v) is 4.16. The molecule has 0 aromatic heterocycles. The van der Waals surface area contributed by atoms with Gasteiger partial charge in [-0.1, -0.05) is 24.6 Å². The Morgan fingerprint density at radius 3 is 2.55 bits per heavy atom. The normalized spacial score (nSPS) is 16.8. The van der Waals surface area contributed by atoms with E-state index in [-0.39, 0.29) is 5.75 Å². The highest BCUT2D eigenvalue weighted by Crippen LogP contribution is 2.41. The molecule has 0 heterocycles. The first kappa shape index (κ1) is 16.8. The van der Waals surface area contributed by atoms with Gasteiger partial charge < -0.3 is 4.74 Å². The Balaban J connectivity index is 1.76. The van der Waals surface area contributed by atoms with Gasteiger partial charge >= 0.3 is 0 Å². The zero-order chi connectivity index (χ0) is 16.1. The molecule has 0 N–H and O–H groups in total. The second-order valence-electron chi connectivity index (χ2n) is 5.84. The predicted molar refractivity (Wildman–Crippen MR) is 84.9 cm³/mol. The summed E-state index contributed by atoms with van der Waals surface area (Å²) in [6.07, 6.45) is 2.93. The van der Waals surface area contributed by atoms with Gasteiger partial charge in [-0.3, -0.25) is 0 Å². The Hall–Kier alpha value is -1.58. The second kappa shape index (κ2) is 7.12. The summed E-state index contributed by atoms with van der Waals surface area (Å²) in [6.45, 7) is 0.865. The van der Waals surface area contributed by atoms with Crippen molar-refractivity contribution in [2.75, 3.05) is 26.0 Å². The van der Waals surface area contributed by atoms with E-state index in [4.69, 9.17) is 10.00 Å². The van der Waals surface area contributed by atoms with Crippen molar-refractivity contribution < 1.29 is 13.2 Å². The number of hydrogen-bond donors (Lipinski definition) is 0. The van der Waals surface area contributed by atoms with Crippen molar-refractivity contribution in [1.29, 1.82) is 5.26 Å². The monoisotopic (exact) mass is 322 g/mol. The first-order valence-corrected chi connectivity index (χ1v) is 9.11. The molecule has 22 heavy (non-hydrogen) atoms. The van der Waals surface area contributed by atoms with Crippen LogP contribution >= 0.6 is 0 Å². The molecular weight excluding hydrogens is 300 g/mol. The number of nitriles is 1. The molecular formula is C16H22N2O3S. The van der Waals surface area contributed by atoms with Crippen LogP contribution in [0.5, 0.6) is 5.75 Å². The molecule has 1 aromatic carbocycles. The Morgan fingerprint density at radius 2 is 2.00 bits per heavy atom. The van der Waals surface area contributed by atoms with Crippen LogP contribution in [0.1, 0.15) is 25.7 Å². The third kappa shape index (κ3) is 4.21. The van der Waals surface area contributed by atoms with Crippen LogP contribution in [0, 0.1) is 16.7 Å². The van der Waals surface area contributed by atoms with Gasteiger partial charge in [-0.25, -0.2) is 12.7 Å². The van der Waals surface area contributed by atoms with Gasteiger partial charge in [0.05, 0.1) is 23.8 Å². The van der Waals surface area contributed by atoms with E-state index in [2.05, 4.69) is 6.07 Å². The summed E-state index contributed by atoms with van der Waals surface area (Å²) in [5.74, 6) is 0.720. The van der Waals surface area contributed by atoms with Crippen LogP contribution in [0.4, 0.5) is 0 Å². The van der Waals surface area contributed by atoms with Gasteiger partial charge in [-0.05, 0) is 31.4 Å². The van der Waals surface area contributed by atoms with Crippen LogP contribution in [-0.2, 0) is 10.0 Å². The second-order valence-corrected chi connectivity index (χ2v) is 7.91. The minimum atomic E-state index is -3.38. The topological polar surface area (TPSA) is 70.4 Å². The third-order valence-corrected chi connectivity index (χ3v) is 6.16. The Labute approximate surface area is 132 Å². The summed E-state index contributed by atoms with van der Waals surface area (Å²) in [6, 6.07) is 11.6. The van der Waals surface area contributed by atoms with Gasteiger partial charge in [-0.2, -0.15) is 5.26 Å². The van der Waals surface area contributed by atoms with E-state index >= 15 is 0 Å². The Kier molecular flexibility index (Phi) is 5.43. The predicted octanol–water partition coefficient (Wildman–Crippen LogP) is 2.41. The molecule has 2 rings (SSSR count). The van der Waals surface area contributed by atoms with Crippen LogP contribution in [-0.4, -0.2) is 38.7 Å². The maximum Gasteiger partial charge on any atom is 0.215 e. The summed E-state index contributed by atoms with van der Waals surface area (Å²) in [5, 5.41) is 9.17. The molecule has 5 nitrogen and oxygen atoms in total. The van der Waals surface area contributed by atoms with Gasteiger partial charge in [0, 0.05) is 13.6 Å². The van der Waals surface area contributed by atoms with E-state index in [1.54, 1.807) is 7.05 Å². The zero-order valence-corrected chi connectivity index (χ0v) is 13.7. The summed E-state index contributed by atoms with van der Waals surface area (Å²) < 4.78 is 31.5. The van der Waals surface area contributed by atoms with Crippen molar-refractivity contribution in [3.63, 3.8) is 0 Å². The standard InChI is InChI=1S/C16H22N2O3S/c1-18(11-6-12-21-15-7-3-2-4-8-15)22(19,20)14-16(13-17)9-5-10-16/h2-4,7-8H,5-6,9-12,14H2,1H3. The smallest absolute Gasteiger partial charge is 0.215 e. The lowest BCUT2D eigenvalue weighted by atomic mass is 9.72. The molecule has 1 aromatic rings. The van der Waals surface area contributed by atoms with Gasteiger partial charge in [0.15, 0.2) is 0 Å². The molecule has 120 valence electrons. The number of para-hydroxylation sites is 1. The number of rotatable bonds is 8. The largest absolute Gasteiger partial charge is 0.494 e. The van der Waals surface area contributed by atoms with E-state index in [9.17, 15) is 8.42 Å². The van der Waals surface area contributed by atoms with E-state index in [0.717, 1.165) is 12.2 Å². The molecule has 0 aliphatic heterocycles. The Bertz CT molecular complexity index is 619. The van der Waals surface area contributed by atoms with E-state index in [1.165, 1.54) is 4.31 Å². The van der Waals surface area contributed by atoms with E-state index in [1.807, 2.05) is 30.3 Å². The lowest BCUT2D eigenvalue weighted by molar-refractivity contribution is 0.243. The molecule has 0 radical (unpaired) electrons. The molecule has 1 fully saturated rings. The van der Waals surface area contributed by atoms with Crippen molar-refractivity contribution in [3.05, 3.63) is 30.3 Å². The molecule has 1 aliphatic carbocycles. The minimum Gasteiger partial charge on any atom is -0.494 e. The van der Waals surface area contributed by atoms with Crippen molar-refractivity contribution in [2.45, 2.75) is 25.7 Å². The van der Waals surface area contributed by atoms with Crippen LogP contribution in [0.15, 0.2) is 30.3 Å². The average Bonchev–Trinajstić information content (AvgIpc) is 2.48. The van der Waals surface area contributed by atoms with Crippen LogP contribution in [0.2, 0.25) is 0 Å². The summed E-state index contributed by atoms with van der Waals surface area (Å²) in [4.78, 5) is 0. The maximum absolute atomic E-state index is 12.3. The number of hydrogen-bond acceptors (Lipinski definition) is 4. The molecule has 0 atom stereocenters. The number of ether oxygens (including phenoxy) is 1. The molecule has 6 heteroatoms. The molecule has 1 saturated carbocycles. The SMILES string of the molecule is CN(CCCOc1ccccc1)S(=O)(=O)CC1(C#N)CCC1. The van der Waals surface area contributed by atoms with Crippen molar-refractivity contribution >= 4 is 10.0 Å². The fraction of sp³-hybridized carbons (Fsp3) is 0.562. The summed E-state index contributed by atoms with van der Waals surface area (Å²) in [5.41, 5.74) is -0.659. The third-order valence-electron chi connectivity index (χ3n) is 4.11. The van der Waals surface area contributed by atoms with Gasteiger partial charge in [0.25, 0.3) is 0 Å². The lowest BCUT2D eigenvalue weighted by Crippen LogP contribution is -2.41. The summed E-state index contributed by atoms with van der Waals surface area (Å²) in [7, 11) is -1.81. The molecule has 0 bridgehead atoms. The van der Waals surface area contributed by atoms with Crippen molar-refractivity contribution in [3.8, 4) is 11.8 Å². The van der Waals surface area contributed by atoms with Crippen LogP contribution < -0.4 is 4.74 Å². The number of benzene rings is 1. The molecule has 0 amide bonds. The summed E-state index contributed by atoms with van der Waals surface area (Å²) >= 11 is 0. The first-order chi connectivity index (χ1) is 10.5. The lowest BCUT2D eigenvalue weighted by Gasteiger charge is -2.35. The molecule has 1 aliphatic rings. The van der Waals surface area contributed by atoms with Gasteiger partial charge in [0.2, 0.25) is 10.0 Å².